The van der Waals surface area contributed by atoms with Crippen LogP contribution in [0.5, 0.6) is 0 Å². The van der Waals surface area contributed by atoms with E-state index in [2.05, 4.69) is 9.47 Å². The molecular formula is C8H12F4O3. The maximum Gasteiger partial charge on any atom is 0.331 e. The largest absolute Gasteiger partial charge is 0.467 e. The first-order chi connectivity index (χ1) is 6.70. The van der Waals surface area contributed by atoms with Gasteiger partial charge in [-0.25, -0.2) is 13.6 Å². The fraction of sp³-hybridized carbons (Fsp3) is 0.875. The summed E-state index contributed by atoms with van der Waals surface area (Å²) in [6.07, 6.45) is -1.15. The smallest absolute Gasteiger partial charge is 0.331 e. The van der Waals surface area contributed by atoms with E-state index in [1.165, 1.54) is 0 Å². The molecule has 0 aromatic rings. The third kappa shape index (κ3) is 4.96. The Morgan fingerprint density at radius 1 is 1.27 bits per heavy atom. The van der Waals surface area contributed by atoms with Crippen LogP contribution in [0.4, 0.5) is 17.6 Å². The lowest BCUT2D eigenvalue weighted by atomic mass is 10.1. The lowest BCUT2D eigenvalue weighted by Gasteiger charge is -2.22. The molecule has 0 aliphatic rings. The molecule has 3 nitrogen and oxygen atoms in total. The molecule has 90 valence electrons. The maximum atomic E-state index is 12.6. The van der Waals surface area contributed by atoms with Gasteiger partial charge in [0, 0.05) is 13.3 Å². The van der Waals surface area contributed by atoms with Crippen molar-refractivity contribution in [2.24, 2.45) is 0 Å². The molecule has 0 amide bonds. The van der Waals surface area contributed by atoms with Gasteiger partial charge in [-0.05, 0) is 0 Å². The molecule has 0 saturated heterocycles. The van der Waals surface area contributed by atoms with Gasteiger partial charge in [-0.2, -0.15) is 8.78 Å². The maximum absolute atomic E-state index is 12.6. The first-order valence-electron chi connectivity index (χ1n) is 4.11. The van der Waals surface area contributed by atoms with Crippen molar-refractivity contribution in [1.29, 1.82) is 0 Å². The average molecular weight is 232 g/mol. The van der Waals surface area contributed by atoms with Crippen LogP contribution < -0.4 is 0 Å². The first-order valence-corrected chi connectivity index (χ1v) is 4.11. The van der Waals surface area contributed by atoms with E-state index in [0.29, 0.717) is 0 Å². The lowest BCUT2D eigenvalue weighted by Crippen LogP contribution is -2.38. The topological polar surface area (TPSA) is 35.5 Å². The van der Waals surface area contributed by atoms with E-state index in [0.717, 1.165) is 7.11 Å². The van der Waals surface area contributed by atoms with Crippen LogP contribution in [-0.4, -0.2) is 38.1 Å². The summed E-state index contributed by atoms with van der Waals surface area (Å²) in [4.78, 5) is 10.5. The Morgan fingerprint density at radius 2 is 1.80 bits per heavy atom. The van der Waals surface area contributed by atoms with Gasteiger partial charge < -0.3 is 9.47 Å². The zero-order valence-corrected chi connectivity index (χ0v) is 8.36. The molecule has 0 radical (unpaired) electrons. The molecule has 0 heterocycles. The summed E-state index contributed by atoms with van der Waals surface area (Å²) >= 11 is 0. The van der Waals surface area contributed by atoms with Crippen LogP contribution >= 0.6 is 0 Å². The van der Waals surface area contributed by atoms with Crippen molar-refractivity contribution < 1.29 is 31.8 Å². The molecule has 15 heavy (non-hydrogen) atoms. The van der Waals surface area contributed by atoms with E-state index >= 15 is 0 Å². The minimum atomic E-state index is -4.14. The van der Waals surface area contributed by atoms with E-state index in [4.69, 9.17) is 0 Å². The molecule has 0 bridgehead atoms. The SMILES string of the molecule is COC(=O)COCCC(F)(F)C(C)(F)F. The average Bonchev–Trinajstić information content (AvgIpc) is 2.10. The lowest BCUT2D eigenvalue weighted by molar-refractivity contribution is -0.206. The van der Waals surface area contributed by atoms with Crippen LogP contribution in [-0.2, 0) is 14.3 Å². The number of rotatable bonds is 6. The number of methoxy groups -OCH3 is 1. The van der Waals surface area contributed by atoms with E-state index in [1.54, 1.807) is 0 Å². The van der Waals surface area contributed by atoms with Crippen LogP contribution in [0, 0.1) is 0 Å². The van der Waals surface area contributed by atoms with Gasteiger partial charge in [-0.1, -0.05) is 0 Å². The molecule has 0 spiro atoms. The predicted octanol–water partition coefficient (Wildman–Crippen LogP) is 1.86. The minimum Gasteiger partial charge on any atom is -0.467 e. The summed E-state index contributed by atoms with van der Waals surface area (Å²) in [5.74, 6) is -8.98. The van der Waals surface area contributed by atoms with E-state index in [9.17, 15) is 22.4 Å². The quantitative estimate of drug-likeness (QED) is 0.398. The molecule has 7 heteroatoms. The second-order valence-corrected chi connectivity index (χ2v) is 2.97. The molecule has 0 unspecified atom stereocenters. The molecule has 0 aromatic heterocycles. The Labute approximate surface area is 84.3 Å². The molecule has 0 N–H and O–H groups in total. The fourth-order valence-corrected chi connectivity index (χ4v) is 0.634. The number of carbonyl (C=O) groups is 1. The Kier molecular flexibility index (Phi) is 4.99. The number of esters is 1. The molecule has 0 fully saturated rings. The Bertz CT molecular complexity index is 212. The monoisotopic (exact) mass is 232 g/mol. The third-order valence-corrected chi connectivity index (χ3v) is 1.65. The molecule has 0 saturated carbocycles. The van der Waals surface area contributed by atoms with Gasteiger partial charge in [-0.15, -0.1) is 0 Å². The molecular weight excluding hydrogens is 220 g/mol. The summed E-state index contributed by atoms with van der Waals surface area (Å²) in [5, 5.41) is 0. The normalized spacial score (nSPS) is 12.7. The summed E-state index contributed by atoms with van der Waals surface area (Å²) in [6, 6.07) is 0. The van der Waals surface area contributed by atoms with Crippen LogP contribution in [0.15, 0.2) is 0 Å². The van der Waals surface area contributed by atoms with Crippen molar-refractivity contribution in [3.8, 4) is 0 Å². The number of hydrogen-bond acceptors (Lipinski definition) is 3. The van der Waals surface area contributed by atoms with Crippen molar-refractivity contribution in [1.82, 2.24) is 0 Å². The predicted molar refractivity (Wildman–Crippen MR) is 43.0 cm³/mol. The third-order valence-electron chi connectivity index (χ3n) is 1.65. The molecule has 0 aliphatic heterocycles. The van der Waals surface area contributed by atoms with Crippen molar-refractivity contribution in [2.45, 2.75) is 25.2 Å². The minimum absolute atomic E-state index is 0.132. The number of halogens is 4. The van der Waals surface area contributed by atoms with Crippen LogP contribution in [0.25, 0.3) is 0 Å². The molecule has 0 aliphatic carbocycles. The van der Waals surface area contributed by atoms with Gasteiger partial charge in [0.05, 0.1) is 13.7 Å². The zero-order chi connectivity index (χ0) is 12.1. The van der Waals surface area contributed by atoms with Crippen molar-refractivity contribution >= 4 is 5.97 Å². The van der Waals surface area contributed by atoms with Crippen LogP contribution in [0.3, 0.4) is 0 Å². The van der Waals surface area contributed by atoms with Gasteiger partial charge in [0.2, 0.25) is 0 Å². The zero-order valence-electron chi connectivity index (χ0n) is 8.36. The summed E-state index contributed by atoms with van der Waals surface area (Å²) in [5.41, 5.74) is 0. The van der Waals surface area contributed by atoms with Crippen molar-refractivity contribution in [2.75, 3.05) is 20.3 Å². The van der Waals surface area contributed by atoms with Gasteiger partial charge >= 0.3 is 17.8 Å². The highest BCUT2D eigenvalue weighted by Crippen LogP contribution is 2.36. The number of alkyl halides is 4. The Morgan fingerprint density at radius 3 is 2.20 bits per heavy atom. The van der Waals surface area contributed by atoms with E-state index in [-0.39, 0.29) is 6.92 Å². The summed E-state index contributed by atoms with van der Waals surface area (Å²) in [6.45, 7) is -1.03. The number of carbonyl (C=O) groups excluding carboxylic acids is 1. The standard InChI is InChI=1S/C8H12F4O3/c1-7(9,10)8(11,12)3-4-15-5-6(13)14-2/h3-5H2,1-2H3. The highest BCUT2D eigenvalue weighted by atomic mass is 19.3. The highest BCUT2D eigenvalue weighted by Gasteiger charge is 2.51. The van der Waals surface area contributed by atoms with E-state index in [1.807, 2.05) is 0 Å². The molecule has 0 atom stereocenters. The Balaban J connectivity index is 3.82. The summed E-state index contributed by atoms with van der Waals surface area (Å²) < 4.78 is 58.3. The molecule has 0 rings (SSSR count). The van der Waals surface area contributed by atoms with Crippen molar-refractivity contribution in [3.05, 3.63) is 0 Å². The number of ether oxygens (including phenoxy) is 2. The highest BCUT2D eigenvalue weighted by molar-refractivity contribution is 5.70. The van der Waals surface area contributed by atoms with Crippen molar-refractivity contribution in [3.63, 3.8) is 0 Å². The summed E-state index contributed by atoms with van der Waals surface area (Å²) in [7, 11) is 1.10. The Hall–Kier alpha value is -0.850. The van der Waals surface area contributed by atoms with Crippen LogP contribution in [0.1, 0.15) is 13.3 Å². The fourth-order valence-electron chi connectivity index (χ4n) is 0.634. The number of hydrogen-bond donors (Lipinski definition) is 0. The second kappa shape index (κ2) is 5.29. The first kappa shape index (κ1) is 14.2. The van der Waals surface area contributed by atoms with E-state index < -0.39 is 37.4 Å². The second-order valence-electron chi connectivity index (χ2n) is 2.97. The van der Waals surface area contributed by atoms with Crippen LogP contribution in [0.2, 0.25) is 0 Å². The van der Waals surface area contributed by atoms with Gasteiger partial charge in [-0.3, -0.25) is 0 Å². The van der Waals surface area contributed by atoms with Gasteiger partial charge in [0.1, 0.15) is 6.61 Å². The van der Waals surface area contributed by atoms with Gasteiger partial charge in [0.15, 0.2) is 0 Å². The molecule has 0 aromatic carbocycles. The van der Waals surface area contributed by atoms with Gasteiger partial charge in [0.25, 0.3) is 0 Å².